The van der Waals surface area contributed by atoms with E-state index in [9.17, 15) is 4.79 Å². The van der Waals surface area contributed by atoms with Crippen molar-refractivity contribution in [2.45, 2.75) is 6.42 Å². The number of hydrogen-bond donors (Lipinski definition) is 1. The number of rotatable bonds is 4. The number of benzene rings is 2. The smallest absolute Gasteiger partial charge is 0.329 e. The number of carbonyl (C=O) groups is 1. The highest BCUT2D eigenvalue weighted by Crippen LogP contribution is 2.30. The fraction of sp³-hybridized carbons (Fsp3) is 0.125. The van der Waals surface area contributed by atoms with E-state index >= 15 is 0 Å². The van der Waals surface area contributed by atoms with Gasteiger partial charge in [0.2, 0.25) is 0 Å². The zero-order valence-electron chi connectivity index (χ0n) is 11.5. The van der Waals surface area contributed by atoms with Crippen LogP contribution in [0.4, 0.5) is 0 Å². The Balaban J connectivity index is 2.04. The van der Waals surface area contributed by atoms with E-state index in [0.29, 0.717) is 0 Å². The number of hydroxylamine groups is 1. The molecule has 2 aromatic carbocycles. The molecular weight excluding hydrogens is 268 g/mol. The fourth-order valence-corrected chi connectivity index (χ4v) is 2.29. The molecule has 5 nitrogen and oxygen atoms in total. The van der Waals surface area contributed by atoms with E-state index in [1.165, 1.54) is 0 Å². The van der Waals surface area contributed by atoms with Crippen LogP contribution in [0.25, 0.3) is 22.2 Å². The van der Waals surface area contributed by atoms with E-state index in [1.807, 2.05) is 48.5 Å². The van der Waals surface area contributed by atoms with Crippen LogP contribution in [0.5, 0.6) is 0 Å². The highest BCUT2D eigenvalue weighted by Gasteiger charge is 2.15. The average molecular weight is 282 g/mol. The van der Waals surface area contributed by atoms with Crippen molar-refractivity contribution >= 4 is 16.9 Å². The van der Waals surface area contributed by atoms with Gasteiger partial charge in [0.15, 0.2) is 5.58 Å². The lowest BCUT2D eigenvalue weighted by Crippen LogP contribution is -2.17. The molecule has 0 unspecified atom stereocenters. The van der Waals surface area contributed by atoms with Crippen molar-refractivity contribution in [2.75, 3.05) is 7.05 Å². The first kappa shape index (κ1) is 13.3. The number of nitrogens with one attached hydrogen (secondary N) is 1. The quantitative estimate of drug-likeness (QED) is 0.745. The maximum absolute atomic E-state index is 11.7. The van der Waals surface area contributed by atoms with Crippen LogP contribution in [-0.4, -0.2) is 18.2 Å². The lowest BCUT2D eigenvalue weighted by Gasteiger charge is -2.06. The Morgan fingerprint density at radius 2 is 1.95 bits per heavy atom. The van der Waals surface area contributed by atoms with Gasteiger partial charge in [0.1, 0.15) is 5.69 Å². The van der Waals surface area contributed by atoms with Gasteiger partial charge in [-0.3, -0.25) is 4.79 Å². The molecule has 3 rings (SSSR count). The summed E-state index contributed by atoms with van der Waals surface area (Å²) in [7, 11) is 1.55. The van der Waals surface area contributed by atoms with Crippen LogP contribution in [0.1, 0.15) is 5.56 Å². The van der Waals surface area contributed by atoms with E-state index in [2.05, 4.69) is 10.6 Å². The number of nitrogens with zero attached hydrogens (tertiary/aromatic N) is 1. The maximum atomic E-state index is 11.7. The van der Waals surface area contributed by atoms with Crippen molar-refractivity contribution in [3.05, 3.63) is 54.1 Å². The Hall–Kier alpha value is -2.66. The molecule has 0 atom stereocenters. The van der Waals surface area contributed by atoms with E-state index < -0.39 is 0 Å². The molecule has 0 bridgehead atoms. The molecule has 21 heavy (non-hydrogen) atoms. The number of carbonyl (C=O) groups excluding carboxylic acids is 1. The van der Waals surface area contributed by atoms with Crippen LogP contribution in [0.15, 0.2) is 53.1 Å². The molecule has 0 saturated heterocycles. The zero-order valence-corrected chi connectivity index (χ0v) is 11.5. The maximum Gasteiger partial charge on any atom is 0.329 e. The summed E-state index contributed by atoms with van der Waals surface area (Å²) in [6.45, 7) is 0. The SMILES string of the molecule is CNOC(=O)Cc1ccccc1-c1noc2ccccc12. The molecule has 0 saturated carbocycles. The van der Waals surface area contributed by atoms with Gasteiger partial charge in [0.25, 0.3) is 0 Å². The van der Waals surface area contributed by atoms with E-state index in [0.717, 1.165) is 27.8 Å². The molecule has 1 N–H and O–H groups in total. The molecule has 1 heterocycles. The van der Waals surface area contributed by atoms with Crippen LogP contribution < -0.4 is 5.48 Å². The van der Waals surface area contributed by atoms with Gasteiger partial charge in [-0.15, -0.1) is 0 Å². The number of aromatic nitrogens is 1. The third-order valence-electron chi connectivity index (χ3n) is 3.20. The van der Waals surface area contributed by atoms with Crippen LogP contribution >= 0.6 is 0 Å². The minimum Gasteiger partial charge on any atom is -0.371 e. The highest BCUT2D eigenvalue weighted by molar-refractivity contribution is 5.93. The van der Waals surface area contributed by atoms with Crippen molar-refractivity contribution in [3.63, 3.8) is 0 Å². The van der Waals surface area contributed by atoms with Crippen LogP contribution in [-0.2, 0) is 16.1 Å². The van der Waals surface area contributed by atoms with Crippen molar-refractivity contribution in [2.24, 2.45) is 0 Å². The van der Waals surface area contributed by atoms with Gasteiger partial charge in [-0.05, 0) is 17.7 Å². The summed E-state index contributed by atoms with van der Waals surface area (Å²) in [5, 5.41) is 5.06. The number of hydrogen-bond acceptors (Lipinski definition) is 5. The second kappa shape index (κ2) is 5.76. The summed E-state index contributed by atoms with van der Waals surface area (Å²) in [5.74, 6) is -0.349. The van der Waals surface area contributed by atoms with Gasteiger partial charge in [-0.1, -0.05) is 41.6 Å². The van der Waals surface area contributed by atoms with Crippen LogP contribution in [0, 0.1) is 0 Å². The lowest BCUT2D eigenvalue weighted by molar-refractivity contribution is -0.149. The van der Waals surface area contributed by atoms with E-state index in [-0.39, 0.29) is 12.4 Å². The molecule has 3 aromatic rings. The summed E-state index contributed by atoms with van der Waals surface area (Å²) in [6, 6.07) is 15.2. The first-order valence-corrected chi connectivity index (χ1v) is 6.58. The first-order valence-electron chi connectivity index (χ1n) is 6.58. The summed E-state index contributed by atoms with van der Waals surface area (Å²) in [5.41, 5.74) is 5.56. The monoisotopic (exact) mass is 282 g/mol. The van der Waals surface area contributed by atoms with Gasteiger partial charge >= 0.3 is 5.97 Å². The molecule has 1 aromatic heterocycles. The summed E-state index contributed by atoms with van der Waals surface area (Å²) in [4.78, 5) is 16.4. The Morgan fingerprint density at radius 3 is 2.81 bits per heavy atom. The largest absolute Gasteiger partial charge is 0.371 e. The van der Waals surface area contributed by atoms with Crippen molar-refractivity contribution in [3.8, 4) is 11.3 Å². The Kier molecular flexibility index (Phi) is 3.66. The molecule has 0 aliphatic rings. The van der Waals surface area contributed by atoms with Crippen molar-refractivity contribution in [1.29, 1.82) is 0 Å². The highest BCUT2D eigenvalue weighted by atomic mass is 16.7. The van der Waals surface area contributed by atoms with Gasteiger partial charge in [-0.25, -0.2) is 0 Å². The molecule has 0 aliphatic heterocycles. The minimum atomic E-state index is -0.349. The number of fused-ring (bicyclic) bond motifs is 1. The fourth-order valence-electron chi connectivity index (χ4n) is 2.29. The first-order chi connectivity index (χ1) is 10.3. The topological polar surface area (TPSA) is 64.4 Å². The Labute approximate surface area is 121 Å². The van der Waals surface area contributed by atoms with Crippen molar-refractivity contribution < 1.29 is 14.2 Å². The normalized spacial score (nSPS) is 10.7. The summed E-state index contributed by atoms with van der Waals surface area (Å²) < 4.78 is 5.33. The Bertz CT molecular complexity index is 780. The molecule has 0 fully saturated rings. The molecule has 0 amide bonds. The molecule has 106 valence electrons. The van der Waals surface area contributed by atoms with Gasteiger partial charge < -0.3 is 9.36 Å². The Morgan fingerprint density at radius 1 is 1.19 bits per heavy atom. The number of para-hydroxylation sites is 1. The van der Waals surface area contributed by atoms with E-state index in [1.54, 1.807) is 7.05 Å². The summed E-state index contributed by atoms with van der Waals surface area (Å²) in [6.07, 6.45) is 0.165. The minimum absolute atomic E-state index is 0.165. The second-order valence-electron chi connectivity index (χ2n) is 4.54. The van der Waals surface area contributed by atoms with Crippen LogP contribution in [0.3, 0.4) is 0 Å². The third-order valence-corrected chi connectivity index (χ3v) is 3.20. The third kappa shape index (κ3) is 2.64. The molecule has 5 heteroatoms. The summed E-state index contributed by atoms with van der Waals surface area (Å²) >= 11 is 0. The van der Waals surface area contributed by atoms with Crippen LogP contribution in [0.2, 0.25) is 0 Å². The predicted molar refractivity (Wildman–Crippen MR) is 78.3 cm³/mol. The zero-order chi connectivity index (χ0) is 14.7. The molecule has 0 aliphatic carbocycles. The van der Waals surface area contributed by atoms with Gasteiger partial charge in [0.05, 0.1) is 6.42 Å². The standard InChI is InChI=1S/C16H14N2O3/c1-17-21-15(19)10-11-6-2-3-7-12(11)16-13-8-4-5-9-14(13)20-18-16/h2-9,17H,10H2,1H3. The van der Waals surface area contributed by atoms with Gasteiger partial charge in [-0.2, -0.15) is 5.48 Å². The molecule has 0 spiro atoms. The second-order valence-corrected chi connectivity index (χ2v) is 4.54. The molecule has 0 radical (unpaired) electrons. The van der Waals surface area contributed by atoms with E-state index in [4.69, 9.17) is 9.36 Å². The lowest BCUT2D eigenvalue weighted by atomic mass is 10.00. The van der Waals surface area contributed by atoms with Crippen molar-refractivity contribution in [1.82, 2.24) is 10.6 Å². The average Bonchev–Trinajstić information content (AvgIpc) is 2.92. The van der Waals surface area contributed by atoms with Gasteiger partial charge in [0, 0.05) is 18.0 Å². The molecular formula is C16H14N2O3. The predicted octanol–water partition coefficient (Wildman–Crippen LogP) is 2.71.